The molecule has 3 nitrogen and oxygen atoms in total. The first-order valence-corrected chi connectivity index (χ1v) is 6.55. The Bertz CT molecular complexity index is 371. The summed E-state index contributed by atoms with van der Waals surface area (Å²) < 4.78 is 0. The van der Waals surface area contributed by atoms with Crippen LogP contribution in [0, 0.1) is 0 Å². The molecule has 1 aromatic rings. The number of amides is 1. The molecule has 0 aliphatic carbocycles. The predicted octanol–water partition coefficient (Wildman–Crippen LogP) is 2.81. The number of aliphatic hydroxyl groups is 1. The second kappa shape index (κ2) is 6.55. The maximum atomic E-state index is 11.3. The van der Waals surface area contributed by atoms with E-state index < -0.39 is 5.60 Å². The number of hydrogen-bond acceptors (Lipinski definition) is 2. The van der Waals surface area contributed by atoms with Crippen molar-refractivity contribution in [1.82, 2.24) is 5.32 Å². The van der Waals surface area contributed by atoms with Crippen molar-refractivity contribution in [3.63, 3.8) is 0 Å². The normalized spacial score (nSPS) is 13.1. The highest BCUT2D eigenvalue weighted by molar-refractivity contribution is 5.73. The highest BCUT2D eigenvalue weighted by atomic mass is 16.3. The third-order valence-electron chi connectivity index (χ3n) is 3.48. The monoisotopic (exact) mass is 249 g/mol. The highest BCUT2D eigenvalue weighted by Gasteiger charge is 2.28. The number of hydrogen-bond donors (Lipinski definition) is 2. The summed E-state index contributed by atoms with van der Waals surface area (Å²) >= 11 is 0. The first kappa shape index (κ1) is 14.7. The number of carbonyl (C=O) groups is 1. The van der Waals surface area contributed by atoms with Crippen molar-refractivity contribution in [2.24, 2.45) is 0 Å². The van der Waals surface area contributed by atoms with Gasteiger partial charge in [0.2, 0.25) is 5.91 Å². The van der Waals surface area contributed by atoms with Crippen LogP contribution in [0.5, 0.6) is 0 Å². The maximum absolute atomic E-state index is 11.3. The largest absolute Gasteiger partial charge is 0.390 e. The van der Waals surface area contributed by atoms with Gasteiger partial charge in [-0.15, -0.1) is 0 Å². The van der Waals surface area contributed by atoms with Crippen LogP contribution in [0.3, 0.4) is 0 Å². The second-order valence-electron chi connectivity index (χ2n) is 4.80. The molecule has 0 unspecified atom stereocenters. The van der Waals surface area contributed by atoms with Crippen LogP contribution in [-0.2, 0) is 4.79 Å². The molecule has 0 saturated heterocycles. The van der Waals surface area contributed by atoms with Gasteiger partial charge in [-0.25, -0.2) is 0 Å². The quantitative estimate of drug-likeness (QED) is 0.814. The van der Waals surface area contributed by atoms with E-state index in [0.717, 1.165) is 5.56 Å². The minimum atomic E-state index is -0.719. The maximum Gasteiger partial charge on any atom is 0.217 e. The average Bonchev–Trinajstić information content (AvgIpc) is 2.38. The van der Waals surface area contributed by atoms with E-state index in [1.165, 1.54) is 6.92 Å². The lowest BCUT2D eigenvalue weighted by atomic mass is 9.87. The Labute approximate surface area is 109 Å². The van der Waals surface area contributed by atoms with Gasteiger partial charge in [0.1, 0.15) is 0 Å². The zero-order chi connectivity index (χ0) is 13.6. The third kappa shape index (κ3) is 4.15. The molecule has 1 amide bonds. The first-order valence-electron chi connectivity index (χ1n) is 6.55. The summed E-state index contributed by atoms with van der Waals surface area (Å²) in [7, 11) is 0. The van der Waals surface area contributed by atoms with E-state index in [0.29, 0.717) is 19.3 Å². The van der Waals surface area contributed by atoms with Gasteiger partial charge in [-0.3, -0.25) is 4.79 Å². The lowest BCUT2D eigenvalue weighted by Gasteiger charge is -2.30. The Kier molecular flexibility index (Phi) is 5.35. The molecule has 0 aliphatic rings. The van der Waals surface area contributed by atoms with Crippen LogP contribution in [0.1, 0.15) is 51.6 Å². The Morgan fingerprint density at radius 3 is 2.28 bits per heavy atom. The third-order valence-corrected chi connectivity index (χ3v) is 3.48. The molecular formula is C15H23NO2. The minimum Gasteiger partial charge on any atom is -0.390 e. The van der Waals surface area contributed by atoms with E-state index in [4.69, 9.17) is 0 Å². The fourth-order valence-electron chi connectivity index (χ4n) is 2.10. The molecule has 18 heavy (non-hydrogen) atoms. The number of rotatable bonds is 6. The van der Waals surface area contributed by atoms with Gasteiger partial charge in [0, 0.05) is 13.3 Å². The van der Waals surface area contributed by atoms with E-state index >= 15 is 0 Å². The lowest BCUT2D eigenvalue weighted by Crippen LogP contribution is -2.36. The van der Waals surface area contributed by atoms with Gasteiger partial charge in [-0.05, 0) is 18.4 Å². The summed E-state index contributed by atoms with van der Waals surface area (Å²) in [4.78, 5) is 11.3. The average molecular weight is 249 g/mol. The van der Waals surface area contributed by atoms with Gasteiger partial charge in [0.05, 0.1) is 11.6 Å². The van der Waals surface area contributed by atoms with E-state index in [-0.39, 0.29) is 11.9 Å². The Morgan fingerprint density at radius 1 is 1.28 bits per heavy atom. The van der Waals surface area contributed by atoms with Gasteiger partial charge in [-0.1, -0.05) is 44.2 Å². The second-order valence-corrected chi connectivity index (χ2v) is 4.80. The molecule has 1 atom stereocenters. The van der Waals surface area contributed by atoms with E-state index in [1.807, 2.05) is 44.2 Å². The molecule has 1 rings (SSSR count). The topological polar surface area (TPSA) is 49.3 Å². The van der Waals surface area contributed by atoms with Crippen LogP contribution in [0.25, 0.3) is 0 Å². The number of nitrogens with one attached hydrogen (secondary N) is 1. The summed E-state index contributed by atoms with van der Waals surface area (Å²) in [6.45, 7) is 5.45. The molecule has 3 heteroatoms. The van der Waals surface area contributed by atoms with Gasteiger partial charge in [0.15, 0.2) is 0 Å². The molecule has 0 aliphatic heterocycles. The van der Waals surface area contributed by atoms with E-state index in [2.05, 4.69) is 5.32 Å². The number of carbonyl (C=O) groups excluding carboxylic acids is 1. The van der Waals surface area contributed by atoms with Crippen molar-refractivity contribution in [3.05, 3.63) is 35.9 Å². The molecular weight excluding hydrogens is 226 g/mol. The zero-order valence-corrected chi connectivity index (χ0v) is 11.4. The number of benzene rings is 1. The highest BCUT2D eigenvalue weighted by Crippen LogP contribution is 2.28. The summed E-state index contributed by atoms with van der Waals surface area (Å²) in [5.41, 5.74) is 0.316. The lowest BCUT2D eigenvalue weighted by molar-refractivity contribution is -0.120. The standard InChI is InChI=1S/C15H23NO2/c1-4-15(18,5-2)11-14(16-12(3)17)13-9-7-6-8-10-13/h6-10,14,18H,4-5,11H2,1-3H3,(H,16,17)/t14-/m1/s1. The molecule has 0 radical (unpaired) electrons. The van der Waals surface area contributed by atoms with Crippen molar-refractivity contribution in [2.75, 3.05) is 0 Å². The fourth-order valence-corrected chi connectivity index (χ4v) is 2.10. The summed E-state index contributed by atoms with van der Waals surface area (Å²) in [5.74, 6) is -0.0709. The molecule has 100 valence electrons. The summed E-state index contributed by atoms with van der Waals surface area (Å²) in [6.07, 6.45) is 1.92. The van der Waals surface area contributed by atoms with Gasteiger partial charge >= 0.3 is 0 Å². The zero-order valence-electron chi connectivity index (χ0n) is 11.4. The van der Waals surface area contributed by atoms with E-state index in [9.17, 15) is 9.90 Å². The Hall–Kier alpha value is -1.35. The van der Waals surface area contributed by atoms with Crippen LogP contribution in [0.15, 0.2) is 30.3 Å². The van der Waals surface area contributed by atoms with Crippen molar-refractivity contribution in [3.8, 4) is 0 Å². The molecule has 0 spiro atoms. The van der Waals surface area contributed by atoms with Gasteiger partial charge < -0.3 is 10.4 Å². The summed E-state index contributed by atoms with van der Waals surface area (Å²) in [5, 5.41) is 13.3. The smallest absolute Gasteiger partial charge is 0.217 e. The Balaban J connectivity index is 2.89. The molecule has 0 heterocycles. The SMILES string of the molecule is CCC(O)(CC)C[C@@H](NC(C)=O)c1ccccc1. The van der Waals surface area contributed by atoms with E-state index in [1.54, 1.807) is 0 Å². The minimum absolute atomic E-state index is 0.0709. The van der Waals surface area contributed by atoms with Crippen LogP contribution in [0.4, 0.5) is 0 Å². The van der Waals surface area contributed by atoms with Crippen molar-refractivity contribution < 1.29 is 9.90 Å². The molecule has 0 saturated carbocycles. The van der Waals surface area contributed by atoms with Crippen LogP contribution >= 0.6 is 0 Å². The molecule has 0 aromatic heterocycles. The first-order chi connectivity index (χ1) is 8.50. The Morgan fingerprint density at radius 2 is 1.83 bits per heavy atom. The van der Waals surface area contributed by atoms with Crippen molar-refractivity contribution in [1.29, 1.82) is 0 Å². The fraction of sp³-hybridized carbons (Fsp3) is 0.533. The molecule has 0 fully saturated rings. The van der Waals surface area contributed by atoms with Gasteiger partial charge in [-0.2, -0.15) is 0 Å². The van der Waals surface area contributed by atoms with Crippen molar-refractivity contribution in [2.45, 2.75) is 51.7 Å². The summed E-state index contributed by atoms with van der Waals surface area (Å²) in [6, 6.07) is 9.66. The molecule has 0 bridgehead atoms. The molecule has 2 N–H and O–H groups in total. The molecule has 1 aromatic carbocycles. The van der Waals surface area contributed by atoms with Crippen LogP contribution in [0.2, 0.25) is 0 Å². The van der Waals surface area contributed by atoms with Crippen LogP contribution in [-0.4, -0.2) is 16.6 Å². The van der Waals surface area contributed by atoms with Crippen molar-refractivity contribution >= 4 is 5.91 Å². The predicted molar refractivity (Wildman–Crippen MR) is 73.1 cm³/mol. The van der Waals surface area contributed by atoms with Crippen LogP contribution < -0.4 is 5.32 Å². The van der Waals surface area contributed by atoms with Gasteiger partial charge in [0.25, 0.3) is 0 Å².